The van der Waals surface area contributed by atoms with Crippen molar-refractivity contribution in [2.45, 2.75) is 25.9 Å². The lowest BCUT2D eigenvalue weighted by molar-refractivity contribution is -0.130. The average molecular weight is 481 g/mol. The second-order valence-corrected chi connectivity index (χ2v) is 8.66. The molecule has 2 heterocycles. The van der Waals surface area contributed by atoms with Gasteiger partial charge in [0.15, 0.2) is 0 Å². The highest BCUT2D eigenvalue weighted by Crippen LogP contribution is 2.33. The number of hydrogen-bond acceptors (Lipinski definition) is 3. The number of benzene rings is 3. The van der Waals surface area contributed by atoms with Gasteiger partial charge in [-0.25, -0.2) is 9.07 Å². The first-order valence-electron chi connectivity index (χ1n) is 11.7. The van der Waals surface area contributed by atoms with Crippen LogP contribution < -0.4 is 5.32 Å². The Hall–Kier alpha value is -4.52. The van der Waals surface area contributed by atoms with Gasteiger partial charge in [0.2, 0.25) is 11.8 Å². The van der Waals surface area contributed by atoms with E-state index in [-0.39, 0.29) is 36.6 Å². The van der Waals surface area contributed by atoms with E-state index in [2.05, 4.69) is 5.32 Å². The lowest BCUT2D eigenvalue weighted by Crippen LogP contribution is -2.35. The molecule has 3 aromatic carbocycles. The zero-order valence-corrected chi connectivity index (χ0v) is 19.8. The molecule has 0 saturated heterocycles. The van der Waals surface area contributed by atoms with Crippen LogP contribution in [-0.2, 0) is 16.1 Å². The van der Waals surface area contributed by atoms with E-state index in [1.54, 1.807) is 27.9 Å². The first-order valence-corrected chi connectivity index (χ1v) is 11.7. The fraction of sp³-hybridized carbons (Fsp3) is 0.138. The number of carbonyl (C=O) groups is 2. The largest absolute Gasteiger partial charge is 0.352 e. The van der Waals surface area contributed by atoms with Gasteiger partial charge in [0.1, 0.15) is 5.82 Å². The zero-order valence-electron chi connectivity index (χ0n) is 19.8. The number of nitrogens with zero attached hydrogens (tertiary/aromatic N) is 3. The summed E-state index contributed by atoms with van der Waals surface area (Å²) in [5.74, 6) is -0.636. The molecule has 1 aliphatic rings. The molecule has 0 spiro atoms. The van der Waals surface area contributed by atoms with Gasteiger partial charge >= 0.3 is 0 Å². The van der Waals surface area contributed by atoms with Crippen LogP contribution in [0.4, 0.5) is 4.39 Å². The summed E-state index contributed by atoms with van der Waals surface area (Å²) in [5, 5.41) is 7.71. The van der Waals surface area contributed by atoms with Gasteiger partial charge in [0.05, 0.1) is 23.8 Å². The smallest absolute Gasteiger partial charge is 0.223 e. The van der Waals surface area contributed by atoms with Gasteiger partial charge in [-0.2, -0.15) is 5.10 Å². The molecule has 0 saturated carbocycles. The van der Waals surface area contributed by atoms with E-state index in [4.69, 9.17) is 5.10 Å². The van der Waals surface area contributed by atoms with Crippen LogP contribution in [-0.4, -0.2) is 26.5 Å². The Kier molecular flexibility index (Phi) is 6.45. The van der Waals surface area contributed by atoms with Crippen molar-refractivity contribution in [1.29, 1.82) is 0 Å². The molecule has 5 rings (SSSR count). The quantitative estimate of drug-likeness (QED) is 0.409. The van der Waals surface area contributed by atoms with Gasteiger partial charge in [0.25, 0.3) is 0 Å². The van der Waals surface area contributed by atoms with Gasteiger partial charge in [-0.1, -0.05) is 42.5 Å². The van der Waals surface area contributed by atoms with Crippen molar-refractivity contribution in [1.82, 2.24) is 20.0 Å². The fourth-order valence-corrected chi connectivity index (χ4v) is 4.46. The van der Waals surface area contributed by atoms with E-state index in [1.165, 1.54) is 19.1 Å². The molecule has 1 atom stereocenters. The third-order valence-corrected chi connectivity index (χ3v) is 6.25. The van der Waals surface area contributed by atoms with E-state index in [1.807, 2.05) is 66.9 Å². The SMILES string of the molecule is CC(=O)N1C=Cc2ccccc2C1CC(=O)NCc1cn(-c2ccccc2)nc1-c1ccc(F)cc1. The predicted molar refractivity (Wildman–Crippen MR) is 136 cm³/mol. The van der Waals surface area contributed by atoms with Crippen molar-refractivity contribution in [3.05, 3.63) is 114 Å². The Morgan fingerprint density at radius 1 is 0.972 bits per heavy atom. The molecular weight excluding hydrogens is 455 g/mol. The van der Waals surface area contributed by atoms with Gasteiger partial charge in [-0.15, -0.1) is 0 Å². The van der Waals surface area contributed by atoms with Crippen molar-refractivity contribution in [2.24, 2.45) is 0 Å². The van der Waals surface area contributed by atoms with Crippen molar-refractivity contribution in [3.63, 3.8) is 0 Å². The maximum Gasteiger partial charge on any atom is 0.223 e. The Balaban J connectivity index is 1.38. The number of nitrogens with one attached hydrogen (secondary N) is 1. The monoisotopic (exact) mass is 480 g/mol. The van der Waals surface area contributed by atoms with E-state index < -0.39 is 0 Å². The number of amides is 2. The van der Waals surface area contributed by atoms with Crippen LogP contribution in [0.15, 0.2) is 91.3 Å². The summed E-state index contributed by atoms with van der Waals surface area (Å²) in [5.41, 5.74) is 5.02. The summed E-state index contributed by atoms with van der Waals surface area (Å²) in [6, 6.07) is 23.2. The summed E-state index contributed by atoms with van der Waals surface area (Å²) in [7, 11) is 0. The van der Waals surface area contributed by atoms with Crippen molar-refractivity contribution in [2.75, 3.05) is 0 Å². The Morgan fingerprint density at radius 3 is 2.44 bits per heavy atom. The summed E-state index contributed by atoms with van der Waals surface area (Å²) in [4.78, 5) is 26.9. The summed E-state index contributed by atoms with van der Waals surface area (Å²) in [6.07, 6.45) is 5.62. The molecule has 1 aliphatic heterocycles. The molecular formula is C29H25FN4O2. The van der Waals surface area contributed by atoms with Crippen LogP contribution in [0.25, 0.3) is 23.0 Å². The summed E-state index contributed by atoms with van der Waals surface area (Å²) in [6.45, 7) is 1.73. The minimum Gasteiger partial charge on any atom is -0.352 e. The summed E-state index contributed by atoms with van der Waals surface area (Å²) >= 11 is 0. The Morgan fingerprint density at radius 2 is 1.69 bits per heavy atom. The molecule has 0 bridgehead atoms. The molecule has 0 radical (unpaired) electrons. The third-order valence-electron chi connectivity index (χ3n) is 6.25. The van der Waals surface area contributed by atoms with Crippen LogP contribution in [0, 0.1) is 5.82 Å². The topological polar surface area (TPSA) is 67.2 Å². The van der Waals surface area contributed by atoms with Crippen molar-refractivity contribution < 1.29 is 14.0 Å². The van der Waals surface area contributed by atoms with Gasteiger partial charge in [0, 0.05) is 37.0 Å². The molecule has 0 fully saturated rings. The predicted octanol–water partition coefficient (Wildman–Crippen LogP) is 5.26. The fourth-order valence-electron chi connectivity index (χ4n) is 4.46. The highest BCUT2D eigenvalue weighted by molar-refractivity contribution is 5.82. The van der Waals surface area contributed by atoms with E-state index in [0.29, 0.717) is 5.69 Å². The zero-order chi connectivity index (χ0) is 25.1. The van der Waals surface area contributed by atoms with E-state index in [0.717, 1.165) is 27.9 Å². The molecule has 6 nitrogen and oxygen atoms in total. The average Bonchev–Trinajstić information content (AvgIpc) is 3.33. The highest BCUT2D eigenvalue weighted by Gasteiger charge is 2.28. The molecule has 180 valence electrons. The van der Waals surface area contributed by atoms with Crippen LogP contribution in [0.5, 0.6) is 0 Å². The molecule has 4 aromatic rings. The minimum atomic E-state index is -0.382. The van der Waals surface area contributed by atoms with Gasteiger partial charge < -0.3 is 10.2 Å². The normalized spacial score (nSPS) is 14.4. The third kappa shape index (κ3) is 4.81. The summed E-state index contributed by atoms with van der Waals surface area (Å²) < 4.78 is 15.3. The molecule has 0 aliphatic carbocycles. The second-order valence-electron chi connectivity index (χ2n) is 8.66. The molecule has 7 heteroatoms. The van der Waals surface area contributed by atoms with Crippen molar-refractivity contribution >= 4 is 17.9 Å². The Labute approximate surface area is 208 Å². The first-order chi connectivity index (χ1) is 17.5. The maximum absolute atomic E-state index is 13.5. The number of aromatic nitrogens is 2. The lowest BCUT2D eigenvalue weighted by Gasteiger charge is -2.32. The van der Waals surface area contributed by atoms with Crippen molar-refractivity contribution in [3.8, 4) is 16.9 Å². The molecule has 36 heavy (non-hydrogen) atoms. The number of carbonyl (C=O) groups excluding carboxylic acids is 2. The van der Waals surface area contributed by atoms with E-state index in [9.17, 15) is 14.0 Å². The van der Waals surface area contributed by atoms with Crippen LogP contribution >= 0.6 is 0 Å². The maximum atomic E-state index is 13.5. The number of para-hydroxylation sites is 1. The molecule has 2 amide bonds. The lowest BCUT2D eigenvalue weighted by atomic mass is 9.93. The second kappa shape index (κ2) is 10.00. The molecule has 1 aromatic heterocycles. The molecule has 1 unspecified atom stereocenters. The molecule has 1 N–H and O–H groups in total. The number of rotatable bonds is 6. The highest BCUT2D eigenvalue weighted by atomic mass is 19.1. The van der Waals surface area contributed by atoms with Crippen LogP contribution in [0.2, 0.25) is 0 Å². The van der Waals surface area contributed by atoms with Crippen LogP contribution in [0.1, 0.15) is 36.1 Å². The Bertz CT molecular complexity index is 1430. The van der Waals surface area contributed by atoms with Gasteiger partial charge in [-0.3, -0.25) is 9.59 Å². The first kappa shape index (κ1) is 23.2. The van der Waals surface area contributed by atoms with Crippen LogP contribution in [0.3, 0.4) is 0 Å². The number of halogens is 1. The van der Waals surface area contributed by atoms with Gasteiger partial charge in [-0.05, 0) is 53.6 Å². The minimum absolute atomic E-state index is 0.124. The number of hydrogen-bond donors (Lipinski definition) is 1. The van der Waals surface area contributed by atoms with E-state index >= 15 is 0 Å². The standard InChI is InChI=1S/C29H25FN4O2/c1-20(35)33-16-15-21-7-5-6-10-26(21)27(33)17-28(36)31-18-23-19-34(25-8-3-2-4-9-25)32-29(23)22-11-13-24(30)14-12-22/h2-16,19,27H,17-18H2,1H3,(H,31,36). The number of fused-ring (bicyclic) bond motifs is 1.